The molecule has 3 aromatic carbocycles. The molecule has 1 aliphatic heterocycles. The van der Waals surface area contributed by atoms with Crippen LogP contribution in [-0.4, -0.2) is 39.9 Å². The molecule has 5 rings (SSSR count). The summed E-state index contributed by atoms with van der Waals surface area (Å²) in [5.74, 6) is -0.237. The van der Waals surface area contributed by atoms with E-state index in [1.807, 2.05) is 60.7 Å². The molecule has 0 saturated carbocycles. The summed E-state index contributed by atoms with van der Waals surface area (Å²) in [6.45, 7) is 4.89. The lowest BCUT2D eigenvalue weighted by Crippen LogP contribution is -2.38. The third-order valence-electron chi connectivity index (χ3n) is 6.91. The predicted octanol–water partition coefficient (Wildman–Crippen LogP) is 6.26. The number of anilines is 1. The van der Waals surface area contributed by atoms with Crippen molar-refractivity contribution in [1.29, 1.82) is 0 Å². The van der Waals surface area contributed by atoms with E-state index < -0.39 is 24.3 Å². The highest BCUT2D eigenvalue weighted by atomic mass is 32.2. The van der Waals surface area contributed by atoms with E-state index in [9.17, 15) is 14.7 Å². The van der Waals surface area contributed by atoms with Crippen molar-refractivity contribution in [3.8, 4) is 0 Å². The maximum atomic E-state index is 12.5. The number of para-hydroxylation sites is 1. The molecule has 5 atom stereocenters. The molecule has 2 heterocycles. The number of carbonyl (C=O) groups is 2. The molecule has 1 fully saturated rings. The fourth-order valence-electron chi connectivity index (χ4n) is 4.69. The monoisotopic (exact) mass is 592 g/mol. The number of hydrogen-bond donors (Lipinski definition) is 2. The van der Waals surface area contributed by atoms with Gasteiger partial charge in [0.25, 0.3) is 5.91 Å². The smallest absolute Gasteiger partial charge is 0.303 e. The number of carbonyl (C=O) groups excluding carboxylic acids is 2. The number of aliphatic hydroxyl groups excluding tert-OH is 1. The third kappa shape index (κ3) is 7.14. The Morgan fingerprint density at radius 1 is 1.07 bits per heavy atom. The van der Waals surface area contributed by atoms with Crippen LogP contribution in [0.2, 0.25) is 0 Å². The number of thioether (sulfide) groups is 1. The third-order valence-corrected chi connectivity index (χ3v) is 9.18. The highest BCUT2D eigenvalue weighted by Gasteiger charge is 2.38. The summed E-state index contributed by atoms with van der Waals surface area (Å²) in [6.07, 6.45) is -2.02. The van der Waals surface area contributed by atoms with Gasteiger partial charge in [-0.05, 0) is 42.3 Å². The van der Waals surface area contributed by atoms with Gasteiger partial charge >= 0.3 is 5.97 Å². The molecule has 1 saturated heterocycles. The van der Waals surface area contributed by atoms with Crippen molar-refractivity contribution in [2.45, 2.75) is 56.3 Å². The summed E-state index contributed by atoms with van der Waals surface area (Å²) in [7, 11) is 0. The van der Waals surface area contributed by atoms with Gasteiger partial charge < -0.3 is 24.6 Å². The first-order chi connectivity index (χ1) is 19.8. The number of amides is 1. The molecule has 1 aromatic heterocycles. The molecule has 214 valence electrons. The lowest BCUT2D eigenvalue weighted by molar-refractivity contribution is -0.268. The number of nitrogens with one attached hydrogen (secondary N) is 1. The molecule has 0 aliphatic carbocycles. The highest BCUT2D eigenvalue weighted by Crippen LogP contribution is 2.43. The Kier molecular flexibility index (Phi) is 9.36. The zero-order chi connectivity index (χ0) is 28.9. The summed E-state index contributed by atoms with van der Waals surface area (Å²) < 4.78 is 20.2. The first-order valence-electron chi connectivity index (χ1n) is 13.4. The second kappa shape index (κ2) is 13.1. The van der Waals surface area contributed by atoms with Crippen molar-refractivity contribution in [2.75, 3.05) is 11.1 Å². The van der Waals surface area contributed by atoms with Crippen LogP contribution in [0.15, 0.2) is 77.1 Å². The Balaban J connectivity index is 1.37. The van der Waals surface area contributed by atoms with Crippen molar-refractivity contribution in [2.24, 2.45) is 5.92 Å². The second-order valence-corrected chi connectivity index (χ2v) is 12.2. The van der Waals surface area contributed by atoms with Gasteiger partial charge in [-0.2, -0.15) is 0 Å². The van der Waals surface area contributed by atoms with Gasteiger partial charge in [0, 0.05) is 29.8 Å². The molecule has 41 heavy (non-hydrogen) atoms. The van der Waals surface area contributed by atoms with Crippen LogP contribution in [0.5, 0.6) is 0 Å². The predicted molar refractivity (Wildman–Crippen MR) is 160 cm³/mol. The molecular formula is C31H32N2O6S2. The number of rotatable bonds is 9. The van der Waals surface area contributed by atoms with Crippen LogP contribution >= 0.6 is 23.1 Å². The zero-order valence-corrected chi connectivity index (χ0v) is 24.6. The molecular weight excluding hydrogens is 560 g/mol. The van der Waals surface area contributed by atoms with Crippen LogP contribution < -0.4 is 5.32 Å². The number of thiazole rings is 1. The molecule has 0 bridgehead atoms. The minimum atomic E-state index is -0.922. The van der Waals surface area contributed by atoms with Crippen LogP contribution in [0.25, 0.3) is 10.2 Å². The summed E-state index contributed by atoms with van der Waals surface area (Å²) in [4.78, 5) is 28.5. The molecule has 2 N–H and O–H groups in total. The van der Waals surface area contributed by atoms with Crippen molar-refractivity contribution in [1.82, 2.24) is 4.98 Å². The van der Waals surface area contributed by atoms with E-state index in [4.69, 9.17) is 19.2 Å². The fraction of sp³-hybridized carbons (Fsp3) is 0.323. The number of benzene rings is 3. The Hall–Kier alpha value is -3.28. The average Bonchev–Trinajstić information content (AvgIpc) is 3.39. The Bertz CT molecular complexity index is 1480. The minimum Gasteiger partial charge on any atom is -0.453 e. The second-order valence-electron chi connectivity index (χ2n) is 9.95. The van der Waals surface area contributed by atoms with E-state index in [-0.39, 0.29) is 24.7 Å². The molecule has 1 amide bonds. The topological polar surface area (TPSA) is 107 Å². The van der Waals surface area contributed by atoms with Gasteiger partial charge in [-0.1, -0.05) is 67.2 Å². The van der Waals surface area contributed by atoms with Crippen LogP contribution in [0, 0.1) is 5.92 Å². The average molecular weight is 593 g/mol. The van der Waals surface area contributed by atoms with Gasteiger partial charge in [-0.15, -0.1) is 11.3 Å². The molecule has 0 radical (unpaired) electrons. The van der Waals surface area contributed by atoms with Crippen LogP contribution in [0.3, 0.4) is 0 Å². The number of esters is 1. The molecule has 8 nitrogen and oxygen atoms in total. The quantitative estimate of drug-likeness (QED) is 0.173. The maximum absolute atomic E-state index is 12.5. The number of aliphatic hydroxyl groups is 1. The van der Waals surface area contributed by atoms with E-state index in [2.05, 4.69) is 18.3 Å². The lowest BCUT2D eigenvalue weighted by Gasteiger charge is -2.41. The van der Waals surface area contributed by atoms with Gasteiger partial charge in [0.15, 0.2) is 16.7 Å². The van der Waals surface area contributed by atoms with E-state index in [0.717, 1.165) is 31.2 Å². The summed E-state index contributed by atoms with van der Waals surface area (Å²) in [6, 6.07) is 23.2. The molecule has 4 aromatic rings. The Morgan fingerprint density at radius 2 is 1.85 bits per heavy atom. The largest absolute Gasteiger partial charge is 0.453 e. The van der Waals surface area contributed by atoms with Gasteiger partial charge in [0.05, 0.1) is 29.0 Å². The summed E-state index contributed by atoms with van der Waals surface area (Å²) in [5, 5.41) is 12.3. The summed E-state index contributed by atoms with van der Waals surface area (Å²) in [5.41, 5.74) is 4.11. The lowest BCUT2D eigenvalue weighted by atomic mass is 9.91. The van der Waals surface area contributed by atoms with E-state index in [0.29, 0.717) is 11.4 Å². The van der Waals surface area contributed by atoms with E-state index in [1.165, 1.54) is 13.8 Å². The highest BCUT2D eigenvalue weighted by molar-refractivity contribution is 8.01. The fourth-order valence-corrected chi connectivity index (χ4v) is 6.94. The Labute approximate surface area is 247 Å². The van der Waals surface area contributed by atoms with Crippen molar-refractivity contribution >= 4 is 50.9 Å². The number of aromatic nitrogens is 1. The van der Waals surface area contributed by atoms with Gasteiger partial charge in [0.2, 0.25) is 0 Å². The van der Waals surface area contributed by atoms with Gasteiger partial charge in [0.1, 0.15) is 0 Å². The molecule has 0 spiro atoms. The van der Waals surface area contributed by atoms with Crippen molar-refractivity contribution < 1.29 is 28.9 Å². The number of ether oxygens (including phenoxy) is 3. The van der Waals surface area contributed by atoms with Gasteiger partial charge in [-0.25, -0.2) is 4.98 Å². The van der Waals surface area contributed by atoms with E-state index >= 15 is 0 Å². The van der Waals surface area contributed by atoms with Crippen LogP contribution in [0.1, 0.15) is 49.9 Å². The van der Waals surface area contributed by atoms with Gasteiger partial charge in [-0.3, -0.25) is 9.59 Å². The molecule has 1 aliphatic rings. The number of nitrogens with zero attached hydrogens (tertiary/aromatic N) is 1. The number of hydrogen-bond acceptors (Lipinski definition) is 9. The van der Waals surface area contributed by atoms with Crippen molar-refractivity contribution in [3.63, 3.8) is 0 Å². The van der Waals surface area contributed by atoms with E-state index in [1.54, 1.807) is 29.2 Å². The standard InChI is InChI=1S/C31H32N2O6S2/c1-18-26(17-40-31-33-25-9-4-5-10-27(25)41-31)38-30(39-28(18)22-13-11-21(16-34)12-14-22)23-7-6-8-24(15-23)32-29(36)19(2)37-20(3)35/h4-15,18-19,26,28,30,34H,16-17H2,1-3H3,(H,32,36)/t18-,19-,26+,28+,30+/m0/s1. The zero-order valence-electron chi connectivity index (χ0n) is 23.0. The van der Waals surface area contributed by atoms with Crippen LogP contribution in [0.4, 0.5) is 5.69 Å². The first kappa shape index (κ1) is 29.2. The number of fused-ring (bicyclic) bond motifs is 1. The summed E-state index contributed by atoms with van der Waals surface area (Å²) >= 11 is 3.34. The van der Waals surface area contributed by atoms with Crippen molar-refractivity contribution in [3.05, 3.63) is 89.5 Å². The SMILES string of the molecule is CC(=O)O[C@@H](C)C(=O)Nc1cccc([C@@H]2O[C@H](CSc3nc4ccccc4s3)[C@H](C)[C@H](c3ccc(CO)cc3)O2)c1. The Morgan fingerprint density at radius 3 is 2.59 bits per heavy atom. The maximum Gasteiger partial charge on any atom is 0.303 e. The molecule has 10 heteroatoms. The van der Waals surface area contributed by atoms with Crippen LogP contribution in [-0.2, 0) is 30.4 Å². The normalized spacial score (nSPS) is 21.4. The first-order valence-corrected chi connectivity index (χ1v) is 15.2. The minimum absolute atomic E-state index is 0.0247. The molecule has 0 unspecified atom stereocenters.